The molecule has 1 aromatic carbocycles. The summed E-state index contributed by atoms with van der Waals surface area (Å²) in [4.78, 5) is 17.2. The quantitative estimate of drug-likeness (QED) is 0.245. The molecule has 2 saturated carbocycles. The van der Waals surface area contributed by atoms with Crippen LogP contribution in [-0.2, 0) is 21.6 Å². The van der Waals surface area contributed by atoms with E-state index in [2.05, 4.69) is 24.1 Å². The van der Waals surface area contributed by atoms with Crippen molar-refractivity contribution in [2.24, 2.45) is 11.8 Å². The van der Waals surface area contributed by atoms with Gasteiger partial charge in [-0.15, -0.1) is 22.7 Å². The van der Waals surface area contributed by atoms with Crippen molar-refractivity contribution in [3.8, 4) is 0 Å². The van der Waals surface area contributed by atoms with E-state index < -0.39 is 11.6 Å². The van der Waals surface area contributed by atoms with Gasteiger partial charge >= 0.3 is 5.97 Å². The van der Waals surface area contributed by atoms with E-state index >= 15 is 0 Å². The number of rotatable bonds is 10. The minimum absolute atomic E-state index is 0.115. The summed E-state index contributed by atoms with van der Waals surface area (Å²) in [5.41, 5.74) is -0.402. The van der Waals surface area contributed by atoms with Crippen LogP contribution in [0, 0.1) is 11.8 Å². The lowest BCUT2D eigenvalue weighted by Gasteiger charge is -2.32. The minimum Gasteiger partial charge on any atom is -0.459 e. The van der Waals surface area contributed by atoms with Crippen molar-refractivity contribution in [3.63, 3.8) is 0 Å². The number of fused-ring (bicyclic) bond motifs is 2. The zero-order chi connectivity index (χ0) is 24.4. The molecule has 3 aromatic rings. The van der Waals surface area contributed by atoms with Crippen molar-refractivity contribution in [3.05, 3.63) is 79.6 Å². The number of esters is 1. The third-order valence-electron chi connectivity index (χ3n) is 7.80. The highest BCUT2D eigenvalue weighted by Gasteiger charge is 2.54. The first-order chi connectivity index (χ1) is 17.0. The number of aryl methyl sites for hydroxylation is 1. The Morgan fingerprint density at radius 3 is 2.40 bits per heavy atom. The second-order valence-corrected chi connectivity index (χ2v) is 12.2. The number of ether oxygens (including phenoxy) is 1. The van der Waals surface area contributed by atoms with Crippen LogP contribution in [0.4, 0.5) is 0 Å². The molecule has 5 rings (SSSR count). The summed E-state index contributed by atoms with van der Waals surface area (Å²) in [6.45, 7) is 1.04. The minimum atomic E-state index is -1.73. The monoisotopic (exact) mass is 529 g/mol. The molecule has 2 aliphatic carbocycles. The topological polar surface area (TPSA) is 49.8 Å². The van der Waals surface area contributed by atoms with Crippen LogP contribution in [0.25, 0.3) is 0 Å². The van der Waals surface area contributed by atoms with Gasteiger partial charge in [-0.05, 0) is 98.6 Å². The Hall–Kier alpha value is -1.70. The largest absolute Gasteiger partial charge is 0.459 e. The molecule has 2 heterocycles. The van der Waals surface area contributed by atoms with E-state index in [1.165, 1.54) is 28.2 Å². The van der Waals surface area contributed by atoms with Gasteiger partial charge in [0.25, 0.3) is 0 Å². The number of unbranched alkanes of at least 4 members (excludes halogenated alkanes) is 1. The van der Waals surface area contributed by atoms with E-state index in [0.717, 1.165) is 50.1 Å². The predicted octanol–water partition coefficient (Wildman–Crippen LogP) is 6.36. The molecular weight excluding hydrogens is 498 g/mol. The zero-order valence-electron chi connectivity index (χ0n) is 19.9. The van der Waals surface area contributed by atoms with Gasteiger partial charge < -0.3 is 14.7 Å². The average Bonchev–Trinajstić information content (AvgIpc) is 3.68. The van der Waals surface area contributed by atoms with Gasteiger partial charge in [-0.1, -0.05) is 35.9 Å². The number of thiophene rings is 2. The lowest BCUT2D eigenvalue weighted by Crippen LogP contribution is -2.42. The van der Waals surface area contributed by atoms with Gasteiger partial charge in [0, 0.05) is 17.0 Å². The molecule has 0 amide bonds. The van der Waals surface area contributed by atoms with Crippen LogP contribution in [0.1, 0.15) is 47.4 Å². The fourth-order valence-corrected chi connectivity index (χ4v) is 7.77. The average molecular weight is 530 g/mol. The summed E-state index contributed by atoms with van der Waals surface area (Å²) >= 11 is 8.76. The summed E-state index contributed by atoms with van der Waals surface area (Å²) in [6, 6.07) is 15.9. The number of hydrogen-bond donors (Lipinski definition) is 1. The van der Waals surface area contributed by atoms with Crippen molar-refractivity contribution in [1.82, 2.24) is 4.90 Å². The van der Waals surface area contributed by atoms with Gasteiger partial charge in [0.1, 0.15) is 6.10 Å². The first kappa shape index (κ1) is 25.0. The van der Waals surface area contributed by atoms with Crippen molar-refractivity contribution in [2.75, 3.05) is 13.6 Å². The van der Waals surface area contributed by atoms with Gasteiger partial charge in [0.2, 0.25) is 5.60 Å². The van der Waals surface area contributed by atoms with Crippen LogP contribution >= 0.6 is 34.3 Å². The Bertz CT molecular complexity index is 1070. The molecule has 0 aliphatic heterocycles. The SMILES string of the molecule is CN(CCCCc1ccc(Cl)cc1)C1CC2CCC1C2OC(=O)C(O)(c1cccs1)c1cccs1. The highest BCUT2D eigenvalue weighted by molar-refractivity contribution is 7.12. The third-order valence-corrected chi connectivity index (χ3v) is 10.0. The summed E-state index contributed by atoms with van der Waals surface area (Å²) in [6.07, 6.45) is 6.46. The Labute approximate surface area is 220 Å². The number of benzene rings is 1. The molecule has 4 atom stereocenters. The Kier molecular flexibility index (Phi) is 7.66. The zero-order valence-corrected chi connectivity index (χ0v) is 22.3. The molecule has 1 N–H and O–H groups in total. The molecule has 0 spiro atoms. The second-order valence-electron chi connectivity index (χ2n) is 9.90. The Morgan fingerprint density at radius 2 is 1.77 bits per heavy atom. The number of halogens is 1. The number of aliphatic hydroxyl groups is 1. The fourth-order valence-electron chi connectivity index (χ4n) is 5.93. The highest BCUT2D eigenvalue weighted by atomic mass is 35.5. The van der Waals surface area contributed by atoms with Gasteiger partial charge in [-0.25, -0.2) is 4.79 Å². The van der Waals surface area contributed by atoms with Crippen LogP contribution < -0.4 is 0 Å². The molecule has 0 saturated heterocycles. The van der Waals surface area contributed by atoms with E-state index in [0.29, 0.717) is 27.6 Å². The Balaban J connectivity index is 1.19. The van der Waals surface area contributed by atoms with Crippen LogP contribution in [-0.4, -0.2) is 41.7 Å². The molecule has 0 radical (unpaired) electrons. The van der Waals surface area contributed by atoms with Crippen LogP contribution in [0.3, 0.4) is 0 Å². The number of carbonyl (C=O) groups excluding carboxylic acids is 1. The van der Waals surface area contributed by atoms with Crippen molar-refractivity contribution in [1.29, 1.82) is 0 Å². The van der Waals surface area contributed by atoms with Crippen molar-refractivity contribution < 1.29 is 14.6 Å². The van der Waals surface area contributed by atoms with Gasteiger partial charge in [0.15, 0.2) is 0 Å². The van der Waals surface area contributed by atoms with E-state index in [9.17, 15) is 9.90 Å². The van der Waals surface area contributed by atoms with E-state index in [1.54, 1.807) is 0 Å². The maximum absolute atomic E-state index is 13.5. The molecule has 35 heavy (non-hydrogen) atoms. The summed E-state index contributed by atoms with van der Waals surface area (Å²) in [5.74, 6) is 0.179. The van der Waals surface area contributed by atoms with Gasteiger partial charge in [-0.2, -0.15) is 0 Å². The number of nitrogens with zero attached hydrogens (tertiary/aromatic N) is 1. The molecule has 2 aromatic heterocycles. The van der Waals surface area contributed by atoms with Crippen LogP contribution in [0.15, 0.2) is 59.3 Å². The fraction of sp³-hybridized carbons (Fsp3) is 0.464. The van der Waals surface area contributed by atoms with Crippen molar-refractivity contribution >= 4 is 40.2 Å². The van der Waals surface area contributed by atoms with Crippen molar-refractivity contribution in [2.45, 2.75) is 56.3 Å². The van der Waals surface area contributed by atoms with E-state index in [-0.39, 0.29) is 6.10 Å². The maximum Gasteiger partial charge on any atom is 0.349 e. The van der Waals surface area contributed by atoms with Gasteiger partial charge in [0.05, 0.1) is 9.75 Å². The Morgan fingerprint density at radius 1 is 1.09 bits per heavy atom. The third kappa shape index (κ3) is 5.09. The molecule has 2 bridgehead atoms. The summed E-state index contributed by atoms with van der Waals surface area (Å²) in [7, 11) is 2.21. The smallest absolute Gasteiger partial charge is 0.349 e. The van der Waals surface area contributed by atoms with Gasteiger partial charge in [-0.3, -0.25) is 0 Å². The maximum atomic E-state index is 13.5. The predicted molar refractivity (Wildman–Crippen MR) is 143 cm³/mol. The normalized spacial score (nSPS) is 23.8. The molecule has 2 fully saturated rings. The molecule has 4 unspecified atom stereocenters. The molecular formula is C28H32ClNO3S2. The molecule has 4 nitrogen and oxygen atoms in total. The summed E-state index contributed by atoms with van der Waals surface area (Å²) < 4.78 is 6.17. The lowest BCUT2D eigenvalue weighted by molar-refractivity contribution is -0.170. The van der Waals surface area contributed by atoms with Crippen LogP contribution in [0.5, 0.6) is 0 Å². The molecule has 7 heteroatoms. The van der Waals surface area contributed by atoms with E-state index in [1.807, 2.05) is 47.2 Å². The molecule has 2 aliphatic rings. The van der Waals surface area contributed by atoms with Crippen LogP contribution in [0.2, 0.25) is 5.02 Å². The number of hydrogen-bond acceptors (Lipinski definition) is 6. The second kappa shape index (κ2) is 10.7. The molecule has 186 valence electrons. The first-order valence-electron chi connectivity index (χ1n) is 12.4. The first-order valence-corrected chi connectivity index (χ1v) is 14.6. The highest BCUT2D eigenvalue weighted by Crippen LogP contribution is 2.49. The van der Waals surface area contributed by atoms with E-state index in [4.69, 9.17) is 16.3 Å². The summed E-state index contributed by atoms with van der Waals surface area (Å²) in [5, 5.41) is 16.2. The number of carbonyl (C=O) groups is 1. The standard InChI is InChI=1S/C28H32ClNO3S2/c1-30(15-3-2-6-19-9-12-21(29)13-10-19)23-18-20-11-14-22(23)26(20)33-27(31)28(32,24-7-4-16-34-24)25-8-5-17-35-25/h4-5,7-10,12-13,16-17,20,22-23,26,32H,2-3,6,11,14-15,18H2,1H3. The lowest BCUT2D eigenvalue weighted by atomic mass is 9.94.